The van der Waals surface area contributed by atoms with Gasteiger partial charge in [0.2, 0.25) is 0 Å². The summed E-state index contributed by atoms with van der Waals surface area (Å²) >= 11 is 3.73. The summed E-state index contributed by atoms with van der Waals surface area (Å²) in [5, 5.41) is 0. The van der Waals surface area contributed by atoms with Crippen molar-refractivity contribution in [3.05, 3.63) is 35.4 Å². The van der Waals surface area contributed by atoms with Crippen LogP contribution in [0.3, 0.4) is 0 Å². The largest absolute Gasteiger partial charge is 0.228 e. The van der Waals surface area contributed by atoms with E-state index in [1.165, 1.54) is 11.1 Å². The average molecular weight is 345 g/mol. The smallest absolute Gasteiger partial charge is 0.155 e. The number of fused-ring (bicyclic) bond motifs is 1. The van der Waals surface area contributed by atoms with Gasteiger partial charge in [0, 0.05) is 4.83 Å². The van der Waals surface area contributed by atoms with E-state index in [1.54, 1.807) is 20.8 Å². The Kier molecular flexibility index (Phi) is 4.12. The molecule has 1 aliphatic carbocycles. The van der Waals surface area contributed by atoms with E-state index in [4.69, 9.17) is 0 Å². The van der Waals surface area contributed by atoms with Crippen molar-refractivity contribution in [1.82, 2.24) is 0 Å². The normalized spacial score (nSPS) is 23.4. The van der Waals surface area contributed by atoms with Gasteiger partial charge in [-0.05, 0) is 50.7 Å². The fraction of sp³-hybridized carbons (Fsp3) is 0.600. The first-order valence-electron chi connectivity index (χ1n) is 6.66. The van der Waals surface area contributed by atoms with Crippen molar-refractivity contribution in [2.24, 2.45) is 5.92 Å². The van der Waals surface area contributed by atoms with Crippen LogP contribution in [0.5, 0.6) is 0 Å². The lowest BCUT2D eigenvalue weighted by Crippen LogP contribution is -2.31. The van der Waals surface area contributed by atoms with Crippen LogP contribution < -0.4 is 0 Å². The van der Waals surface area contributed by atoms with Gasteiger partial charge in [-0.15, -0.1) is 0 Å². The minimum Gasteiger partial charge on any atom is -0.228 e. The van der Waals surface area contributed by atoms with Gasteiger partial charge in [-0.1, -0.05) is 40.2 Å². The molecule has 106 valence electrons. The second-order valence-electron chi connectivity index (χ2n) is 6.28. The van der Waals surface area contributed by atoms with Crippen molar-refractivity contribution in [3.8, 4) is 0 Å². The molecule has 1 aromatic carbocycles. The molecule has 19 heavy (non-hydrogen) atoms. The van der Waals surface area contributed by atoms with Gasteiger partial charge in [-0.2, -0.15) is 0 Å². The van der Waals surface area contributed by atoms with Gasteiger partial charge in [0.1, 0.15) is 0 Å². The Bertz CT molecular complexity index is 558. The molecule has 2 unspecified atom stereocenters. The second-order valence-corrected chi connectivity index (χ2v) is 10.1. The molecule has 0 radical (unpaired) electrons. The van der Waals surface area contributed by atoms with E-state index in [9.17, 15) is 8.42 Å². The predicted octanol–water partition coefficient (Wildman–Crippen LogP) is 3.90. The molecular formula is C15H21BrO2S. The van der Waals surface area contributed by atoms with Crippen molar-refractivity contribution in [2.75, 3.05) is 5.75 Å². The minimum atomic E-state index is -3.02. The summed E-state index contributed by atoms with van der Waals surface area (Å²) in [6.45, 7) is 5.33. The monoisotopic (exact) mass is 344 g/mol. The molecule has 0 amide bonds. The van der Waals surface area contributed by atoms with Gasteiger partial charge in [-0.25, -0.2) is 8.42 Å². The van der Waals surface area contributed by atoms with Gasteiger partial charge in [0.15, 0.2) is 9.84 Å². The Morgan fingerprint density at radius 2 is 1.89 bits per heavy atom. The summed E-state index contributed by atoms with van der Waals surface area (Å²) in [7, 11) is -3.02. The predicted molar refractivity (Wildman–Crippen MR) is 83.5 cm³/mol. The van der Waals surface area contributed by atoms with Crippen LogP contribution in [0, 0.1) is 5.92 Å². The Balaban J connectivity index is 2.05. The highest BCUT2D eigenvalue weighted by Crippen LogP contribution is 2.44. The molecule has 0 saturated heterocycles. The number of hydrogen-bond acceptors (Lipinski definition) is 2. The van der Waals surface area contributed by atoms with E-state index >= 15 is 0 Å². The van der Waals surface area contributed by atoms with Crippen molar-refractivity contribution in [2.45, 2.75) is 43.2 Å². The molecular weight excluding hydrogens is 324 g/mol. The molecule has 0 saturated carbocycles. The Hall–Kier alpha value is -0.350. The molecule has 0 fully saturated rings. The van der Waals surface area contributed by atoms with E-state index in [-0.39, 0.29) is 5.75 Å². The fourth-order valence-corrected chi connectivity index (χ4v) is 4.61. The highest BCUT2D eigenvalue weighted by Gasteiger charge is 2.34. The molecule has 0 heterocycles. The number of sulfone groups is 1. The number of rotatable bonds is 3. The van der Waals surface area contributed by atoms with Crippen molar-refractivity contribution < 1.29 is 8.42 Å². The van der Waals surface area contributed by atoms with Gasteiger partial charge < -0.3 is 0 Å². The zero-order valence-corrected chi connectivity index (χ0v) is 14.1. The summed E-state index contributed by atoms with van der Waals surface area (Å²) in [4.78, 5) is 0.291. The molecule has 4 heteroatoms. The maximum absolute atomic E-state index is 12.2. The lowest BCUT2D eigenvalue weighted by Gasteiger charge is -2.21. The summed E-state index contributed by atoms with van der Waals surface area (Å²) in [5.41, 5.74) is 2.67. The molecule has 0 bridgehead atoms. The molecule has 0 aromatic heterocycles. The van der Waals surface area contributed by atoms with E-state index < -0.39 is 14.6 Å². The molecule has 1 aliphatic rings. The molecule has 2 nitrogen and oxygen atoms in total. The van der Waals surface area contributed by atoms with Gasteiger partial charge in [0.25, 0.3) is 0 Å². The molecule has 2 rings (SSSR count). The Morgan fingerprint density at radius 1 is 1.26 bits per heavy atom. The Labute approximate surface area is 124 Å². The third-order valence-corrected chi connectivity index (χ3v) is 7.82. The fourth-order valence-electron chi connectivity index (χ4n) is 2.49. The first kappa shape index (κ1) is 15.0. The zero-order chi connectivity index (χ0) is 14.3. The van der Waals surface area contributed by atoms with Gasteiger partial charge in [0.05, 0.1) is 10.5 Å². The van der Waals surface area contributed by atoms with Crippen molar-refractivity contribution >= 4 is 25.8 Å². The topological polar surface area (TPSA) is 34.1 Å². The van der Waals surface area contributed by atoms with E-state index in [2.05, 4.69) is 28.1 Å². The summed E-state index contributed by atoms with van der Waals surface area (Å²) in [6.07, 6.45) is 1.70. The highest BCUT2D eigenvalue weighted by atomic mass is 79.9. The first-order chi connectivity index (χ1) is 8.72. The standard InChI is InChI=1S/C15H21BrO2S/c1-15(2,3)19(17,18)9-8-12-10-11-6-4-5-7-13(11)14(12)16/h4-7,12,14H,8-10H2,1-3H3. The lowest BCUT2D eigenvalue weighted by atomic mass is 10.0. The Morgan fingerprint density at radius 3 is 2.47 bits per heavy atom. The summed E-state index contributed by atoms with van der Waals surface area (Å²) < 4.78 is 23.7. The third kappa shape index (κ3) is 3.05. The van der Waals surface area contributed by atoms with E-state index in [0.717, 1.165) is 12.8 Å². The molecule has 2 atom stereocenters. The average Bonchev–Trinajstić information content (AvgIpc) is 2.63. The number of halogens is 1. The maximum Gasteiger partial charge on any atom is 0.155 e. The van der Waals surface area contributed by atoms with Crippen molar-refractivity contribution in [3.63, 3.8) is 0 Å². The maximum atomic E-state index is 12.2. The number of benzene rings is 1. The number of alkyl halides is 1. The summed E-state index contributed by atoms with van der Waals surface area (Å²) in [5.74, 6) is 0.659. The molecule has 0 spiro atoms. The molecule has 1 aromatic rings. The quantitative estimate of drug-likeness (QED) is 0.779. The van der Waals surface area contributed by atoms with Crippen LogP contribution in [0.1, 0.15) is 43.1 Å². The SMILES string of the molecule is CC(C)(C)S(=O)(=O)CCC1Cc2ccccc2C1Br. The second kappa shape index (κ2) is 5.21. The van der Waals surface area contributed by atoms with Crippen LogP contribution in [-0.4, -0.2) is 18.9 Å². The third-order valence-electron chi connectivity index (χ3n) is 3.94. The summed E-state index contributed by atoms with van der Waals surface area (Å²) in [6, 6.07) is 8.36. The van der Waals surface area contributed by atoms with Crippen LogP contribution in [0.2, 0.25) is 0 Å². The van der Waals surface area contributed by atoms with E-state index in [1.807, 2.05) is 12.1 Å². The van der Waals surface area contributed by atoms with Crippen LogP contribution in [0.4, 0.5) is 0 Å². The van der Waals surface area contributed by atoms with Gasteiger partial charge >= 0.3 is 0 Å². The van der Waals surface area contributed by atoms with Crippen LogP contribution in [0.25, 0.3) is 0 Å². The number of hydrogen-bond donors (Lipinski definition) is 0. The minimum absolute atomic E-state index is 0.275. The van der Waals surface area contributed by atoms with Crippen LogP contribution >= 0.6 is 15.9 Å². The molecule has 0 N–H and O–H groups in total. The van der Waals surface area contributed by atoms with Gasteiger partial charge in [-0.3, -0.25) is 0 Å². The van der Waals surface area contributed by atoms with Crippen molar-refractivity contribution in [1.29, 1.82) is 0 Å². The lowest BCUT2D eigenvalue weighted by molar-refractivity contribution is 0.515. The zero-order valence-electron chi connectivity index (χ0n) is 11.7. The van der Waals surface area contributed by atoms with E-state index in [0.29, 0.717) is 10.7 Å². The van der Waals surface area contributed by atoms with Crippen LogP contribution in [-0.2, 0) is 16.3 Å². The molecule has 0 aliphatic heterocycles. The highest BCUT2D eigenvalue weighted by molar-refractivity contribution is 9.09. The first-order valence-corrected chi connectivity index (χ1v) is 9.23. The van der Waals surface area contributed by atoms with Crippen LogP contribution in [0.15, 0.2) is 24.3 Å².